The van der Waals surface area contributed by atoms with Crippen LogP contribution >= 0.6 is 21.6 Å². The SMILES string of the molecule is NCCC1C2C=CC(Cc3ccccc3CSSCC(Cc3cccc(CO)c3)C(CC=CCCC3CCCCC3)C2)C1CC(=O)O. The number of hydrogen-bond donors (Lipinski definition) is 3. The standard InChI is InChI=1S/C41H57NO3S2/c42-21-20-39-35-18-19-36(40(39)26-41(44)45)24-33-16-7-8-17-37(33)28-46-47-29-38(23-31-13-9-14-32(22-31)27-43)34(25-35)15-6-2-5-12-30-10-3-1-4-11-30/h2,6-9,13-14,16-19,22,30,34-36,38-40,43H,1,3-5,10-12,15,20-21,23-29,42H2,(H,44,45). The van der Waals surface area contributed by atoms with E-state index < -0.39 is 5.97 Å². The third kappa shape index (κ3) is 11.0. The maximum atomic E-state index is 12.3. The lowest BCUT2D eigenvalue weighted by molar-refractivity contribution is -0.139. The van der Waals surface area contributed by atoms with Crippen molar-refractivity contribution in [3.8, 4) is 0 Å². The topological polar surface area (TPSA) is 83.5 Å². The van der Waals surface area contributed by atoms with Gasteiger partial charge in [0, 0.05) is 17.9 Å². The monoisotopic (exact) mass is 675 g/mol. The first-order valence-electron chi connectivity index (χ1n) is 18.3. The Balaban J connectivity index is 1.45. The number of hydrogen-bond acceptors (Lipinski definition) is 5. The molecule has 2 heterocycles. The van der Waals surface area contributed by atoms with Crippen LogP contribution in [0.25, 0.3) is 0 Å². The lowest BCUT2D eigenvalue weighted by atomic mass is 9.63. The number of aliphatic hydroxyl groups excluding tert-OH is 1. The zero-order valence-electron chi connectivity index (χ0n) is 28.2. The van der Waals surface area contributed by atoms with Crippen LogP contribution in [0.3, 0.4) is 0 Å². The number of benzene rings is 2. The van der Waals surface area contributed by atoms with Crippen molar-refractivity contribution in [3.63, 3.8) is 0 Å². The van der Waals surface area contributed by atoms with E-state index in [1.54, 1.807) is 0 Å². The van der Waals surface area contributed by atoms with Crippen LogP contribution in [0.5, 0.6) is 0 Å². The molecule has 4 N–H and O–H groups in total. The van der Waals surface area contributed by atoms with E-state index >= 15 is 0 Å². The zero-order chi connectivity index (χ0) is 32.8. The van der Waals surface area contributed by atoms with E-state index in [4.69, 9.17) is 5.73 Å². The summed E-state index contributed by atoms with van der Waals surface area (Å²) < 4.78 is 0. The highest BCUT2D eigenvalue weighted by atomic mass is 33.1. The Kier molecular flexibility index (Phi) is 14.9. The van der Waals surface area contributed by atoms with Gasteiger partial charge in [0.2, 0.25) is 0 Å². The van der Waals surface area contributed by atoms with Crippen molar-refractivity contribution in [2.75, 3.05) is 12.3 Å². The number of rotatable bonds is 12. The maximum Gasteiger partial charge on any atom is 0.303 e. The first kappa shape index (κ1) is 36.3. The molecular formula is C41H57NO3S2. The summed E-state index contributed by atoms with van der Waals surface area (Å²) >= 11 is 0. The molecule has 1 fully saturated rings. The zero-order valence-corrected chi connectivity index (χ0v) is 29.8. The number of fused-ring (bicyclic) bond motifs is 7. The average molecular weight is 676 g/mol. The van der Waals surface area contributed by atoms with E-state index in [-0.39, 0.29) is 30.8 Å². The maximum absolute atomic E-state index is 12.3. The van der Waals surface area contributed by atoms with Crippen LogP contribution in [-0.4, -0.2) is 28.5 Å². The van der Waals surface area contributed by atoms with Gasteiger partial charge in [0.05, 0.1) is 6.61 Å². The van der Waals surface area contributed by atoms with Gasteiger partial charge in [0.15, 0.2) is 0 Å². The quantitative estimate of drug-likeness (QED) is 0.154. The Morgan fingerprint density at radius 2 is 1.66 bits per heavy atom. The van der Waals surface area contributed by atoms with Gasteiger partial charge in [0.1, 0.15) is 0 Å². The highest BCUT2D eigenvalue weighted by molar-refractivity contribution is 8.76. The molecule has 4 aliphatic rings. The minimum atomic E-state index is -0.698. The summed E-state index contributed by atoms with van der Waals surface area (Å²) in [5.74, 6) is 4.02. The fourth-order valence-corrected chi connectivity index (χ4v) is 11.3. The summed E-state index contributed by atoms with van der Waals surface area (Å²) in [6.45, 7) is 0.652. The molecule has 1 saturated carbocycles. The molecule has 0 saturated heterocycles. The molecule has 0 aromatic heterocycles. The second-order valence-electron chi connectivity index (χ2n) is 14.5. The molecule has 0 radical (unpaired) electrons. The second-order valence-corrected chi connectivity index (χ2v) is 17.0. The molecule has 256 valence electrons. The summed E-state index contributed by atoms with van der Waals surface area (Å²) in [5, 5.41) is 20.0. The van der Waals surface area contributed by atoms with Gasteiger partial charge in [-0.25, -0.2) is 0 Å². The minimum Gasteiger partial charge on any atom is -0.481 e. The number of carbonyl (C=O) groups is 1. The predicted octanol–water partition coefficient (Wildman–Crippen LogP) is 9.65. The van der Waals surface area contributed by atoms with E-state index in [0.29, 0.717) is 24.3 Å². The van der Waals surface area contributed by atoms with E-state index in [1.807, 2.05) is 27.7 Å². The molecule has 47 heavy (non-hydrogen) atoms. The number of nitrogens with two attached hydrogens (primary N) is 1. The van der Waals surface area contributed by atoms with Crippen LogP contribution in [0.1, 0.15) is 92.9 Å². The summed E-state index contributed by atoms with van der Waals surface area (Å²) in [4.78, 5) is 12.3. The molecule has 6 unspecified atom stereocenters. The van der Waals surface area contributed by atoms with Gasteiger partial charge in [-0.2, -0.15) is 0 Å². The number of carboxylic acid groups (broad SMARTS) is 1. The Labute approximate surface area is 291 Å². The molecule has 2 bridgehead atoms. The number of carboxylic acids is 1. The van der Waals surface area contributed by atoms with E-state index in [0.717, 1.165) is 55.1 Å². The third-order valence-electron chi connectivity index (χ3n) is 11.3. The first-order valence-corrected chi connectivity index (χ1v) is 20.8. The van der Waals surface area contributed by atoms with Crippen molar-refractivity contribution in [1.82, 2.24) is 0 Å². The highest BCUT2D eigenvalue weighted by Crippen LogP contribution is 2.46. The summed E-state index contributed by atoms with van der Waals surface area (Å²) in [5.41, 5.74) is 11.3. The molecule has 6 atom stereocenters. The molecule has 2 aromatic rings. The van der Waals surface area contributed by atoms with Gasteiger partial charge >= 0.3 is 5.97 Å². The molecule has 4 nitrogen and oxygen atoms in total. The predicted molar refractivity (Wildman–Crippen MR) is 200 cm³/mol. The van der Waals surface area contributed by atoms with Crippen molar-refractivity contribution >= 4 is 27.6 Å². The van der Waals surface area contributed by atoms with Gasteiger partial charge in [-0.05, 0) is 115 Å². The van der Waals surface area contributed by atoms with E-state index in [1.165, 1.54) is 61.6 Å². The lowest BCUT2D eigenvalue weighted by Gasteiger charge is -2.42. The molecule has 0 spiro atoms. The number of aliphatic carboxylic acids is 1. The van der Waals surface area contributed by atoms with Gasteiger partial charge in [0.25, 0.3) is 0 Å². The van der Waals surface area contributed by atoms with Crippen LogP contribution in [0.4, 0.5) is 0 Å². The van der Waals surface area contributed by atoms with Gasteiger partial charge in [-0.3, -0.25) is 4.79 Å². The third-order valence-corrected chi connectivity index (χ3v) is 13.7. The molecule has 0 amide bonds. The molecule has 6 heteroatoms. The Morgan fingerprint density at radius 1 is 0.872 bits per heavy atom. The van der Waals surface area contributed by atoms with Gasteiger partial charge in [-0.1, -0.05) is 127 Å². The van der Waals surface area contributed by atoms with Crippen molar-refractivity contribution in [1.29, 1.82) is 0 Å². The highest BCUT2D eigenvalue weighted by Gasteiger charge is 2.39. The molecule has 6 rings (SSSR count). The van der Waals surface area contributed by atoms with E-state index in [2.05, 4.69) is 66.8 Å². The molecule has 2 aliphatic heterocycles. The van der Waals surface area contributed by atoms with Crippen molar-refractivity contribution in [3.05, 3.63) is 95.1 Å². The normalized spacial score (nSPS) is 27.4. The average Bonchev–Trinajstić information content (AvgIpc) is 3.08. The fraction of sp³-hybridized carbons (Fsp3) is 0.585. The van der Waals surface area contributed by atoms with Gasteiger partial charge < -0.3 is 15.9 Å². The van der Waals surface area contributed by atoms with Crippen LogP contribution in [0.2, 0.25) is 0 Å². The van der Waals surface area contributed by atoms with Gasteiger partial charge in [-0.15, -0.1) is 0 Å². The van der Waals surface area contributed by atoms with Crippen LogP contribution in [0.15, 0.2) is 72.8 Å². The van der Waals surface area contributed by atoms with Crippen molar-refractivity contribution in [2.24, 2.45) is 47.2 Å². The largest absolute Gasteiger partial charge is 0.481 e. The van der Waals surface area contributed by atoms with E-state index in [9.17, 15) is 15.0 Å². The summed E-state index contributed by atoms with van der Waals surface area (Å²) in [6, 6.07) is 17.3. The smallest absolute Gasteiger partial charge is 0.303 e. The summed E-state index contributed by atoms with van der Waals surface area (Å²) in [7, 11) is 3.98. The van der Waals surface area contributed by atoms with Crippen molar-refractivity contribution < 1.29 is 15.0 Å². The molecular weight excluding hydrogens is 619 g/mol. The minimum absolute atomic E-state index is 0.0649. The molecule has 2 aliphatic carbocycles. The summed E-state index contributed by atoms with van der Waals surface area (Å²) in [6.07, 6.45) is 24.3. The Bertz CT molecular complexity index is 1310. The number of allylic oxidation sites excluding steroid dienone is 4. The first-order chi connectivity index (χ1) is 23.0. The second kappa shape index (κ2) is 19.3. The van der Waals surface area contributed by atoms with Crippen LogP contribution in [-0.2, 0) is 30.0 Å². The Morgan fingerprint density at radius 3 is 2.45 bits per heavy atom. The van der Waals surface area contributed by atoms with Crippen LogP contribution < -0.4 is 5.73 Å². The lowest BCUT2D eigenvalue weighted by Crippen LogP contribution is -2.37. The molecule has 2 aromatic carbocycles. The van der Waals surface area contributed by atoms with Crippen LogP contribution in [0, 0.1) is 41.4 Å². The Hall–Kier alpha value is -1.99. The number of aliphatic hydroxyl groups is 1. The fourth-order valence-electron chi connectivity index (χ4n) is 8.74. The van der Waals surface area contributed by atoms with Crippen molar-refractivity contribution in [2.45, 2.75) is 95.8 Å².